The van der Waals surface area contributed by atoms with Gasteiger partial charge in [0.25, 0.3) is 0 Å². The van der Waals surface area contributed by atoms with Crippen LogP contribution in [0.4, 0.5) is 4.79 Å². The third kappa shape index (κ3) is 7.58. The standard InChI is InChI=1S/C26H34N2O5/c1-5-31-24(29)21-18-28(17-20-14-10-7-11-15-20)33-23(21)22(16-19-12-8-6-9-13-19)27-25(30)32-26(2,3)4/h6-15,21-23H,5,16-18H2,1-4H3,(H,27,30). The van der Waals surface area contributed by atoms with Crippen LogP contribution >= 0.6 is 0 Å². The lowest BCUT2D eigenvalue weighted by molar-refractivity contribution is -0.166. The number of hydrogen-bond donors (Lipinski definition) is 1. The van der Waals surface area contributed by atoms with Crippen LogP contribution in [-0.2, 0) is 32.1 Å². The summed E-state index contributed by atoms with van der Waals surface area (Å²) in [5.74, 6) is -0.876. The van der Waals surface area contributed by atoms with Gasteiger partial charge in [0.05, 0.1) is 12.6 Å². The predicted octanol–water partition coefficient (Wildman–Crippen LogP) is 4.12. The van der Waals surface area contributed by atoms with E-state index in [-0.39, 0.29) is 12.6 Å². The summed E-state index contributed by atoms with van der Waals surface area (Å²) in [6, 6.07) is 19.2. The summed E-state index contributed by atoms with van der Waals surface area (Å²) >= 11 is 0. The van der Waals surface area contributed by atoms with Crippen LogP contribution in [0.15, 0.2) is 60.7 Å². The molecule has 0 aromatic heterocycles. The first-order valence-corrected chi connectivity index (χ1v) is 11.4. The first-order chi connectivity index (χ1) is 15.7. The van der Waals surface area contributed by atoms with Gasteiger partial charge in [-0.15, -0.1) is 0 Å². The van der Waals surface area contributed by atoms with Crippen molar-refractivity contribution in [2.45, 2.75) is 58.4 Å². The fourth-order valence-corrected chi connectivity index (χ4v) is 3.89. The van der Waals surface area contributed by atoms with Crippen LogP contribution in [0.3, 0.4) is 0 Å². The van der Waals surface area contributed by atoms with Crippen molar-refractivity contribution >= 4 is 12.1 Å². The van der Waals surface area contributed by atoms with E-state index in [0.717, 1.165) is 11.1 Å². The number of esters is 1. The predicted molar refractivity (Wildman–Crippen MR) is 125 cm³/mol. The SMILES string of the molecule is CCOC(=O)C1CN(Cc2ccccc2)OC1C(Cc1ccccc1)NC(=O)OC(C)(C)C. The molecule has 2 aromatic carbocycles. The van der Waals surface area contributed by atoms with Crippen LogP contribution in [0, 0.1) is 5.92 Å². The zero-order chi connectivity index (χ0) is 23.8. The molecule has 1 N–H and O–H groups in total. The van der Waals surface area contributed by atoms with Crippen molar-refractivity contribution in [1.82, 2.24) is 10.4 Å². The highest BCUT2D eigenvalue weighted by molar-refractivity contribution is 5.74. The van der Waals surface area contributed by atoms with Crippen molar-refractivity contribution in [3.8, 4) is 0 Å². The second kappa shape index (κ2) is 11.3. The van der Waals surface area contributed by atoms with Gasteiger partial charge in [-0.2, -0.15) is 5.06 Å². The molecule has 0 aliphatic carbocycles. The van der Waals surface area contributed by atoms with E-state index in [1.54, 1.807) is 12.0 Å². The van der Waals surface area contributed by atoms with E-state index in [9.17, 15) is 9.59 Å². The maximum absolute atomic E-state index is 12.9. The summed E-state index contributed by atoms with van der Waals surface area (Å²) < 4.78 is 10.8. The van der Waals surface area contributed by atoms with E-state index in [2.05, 4.69) is 5.32 Å². The van der Waals surface area contributed by atoms with E-state index in [1.807, 2.05) is 81.4 Å². The molecule has 1 fully saturated rings. The average Bonchev–Trinajstić information content (AvgIpc) is 3.17. The molecule has 3 unspecified atom stereocenters. The molecule has 1 saturated heterocycles. The maximum Gasteiger partial charge on any atom is 0.407 e. The average molecular weight is 455 g/mol. The van der Waals surface area contributed by atoms with Crippen LogP contribution in [0.1, 0.15) is 38.8 Å². The quantitative estimate of drug-likeness (QED) is 0.605. The molecule has 1 heterocycles. The lowest BCUT2D eigenvalue weighted by Gasteiger charge is -2.29. The molecule has 2 aromatic rings. The molecule has 1 amide bonds. The van der Waals surface area contributed by atoms with E-state index >= 15 is 0 Å². The van der Waals surface area contributed by atoms with Crippen LogP contribution in [0.2, 0.25) is 0 Å². The molecule has 3 atom stereocenters. The number of nitrogens with zero attached hydrogens (tertiary/aromatic N) is 1. The Labute approximate surface area is 196 Å². The Hall–Kier alpha value is -2.90. The molecule has 3 rings (SSSR count). The molecule has 0 spiro atoms. The van der Waals surface area contributed by atoms with E-state index in [4.69, 9.17) is 14.3 Å². The minimum absolute atomic E-state index is 0.281. The van der Waals surface area contributed by atoms with Gasteiger partial charge in [0.15, 0.2) is 0 Å². The first-order valence-electron chi connectivity index (χ1n) is 11.4. The third-order valence-corrected chi connectivity index (χ3v) is 5.26. The Morgan fingerprint density at radius 3 is 2.24 bits per heavy atom. The van der Waals surface area contributed by atoms with Gasteiger partial charge >= 0.3 is 12.1 Å². The molecule has 0 radical (unpaired) electrons. The molecule has 33 heavy (non-hydrogen) atoms. The Morgan fingerprint density at radius 2 is 1.67 bits per heavy atom. The first kappa shape index (κ1) is 24.7. The Balaban J connectivity index is 1.84. The zero-order valence-electron chi connectivity index (χ0n) is 19.8. The van der Waals surface area contributed by atoms with Gasteiger partial charge in [0.1, 0.15) is 17.6 Å². The highest BCUT2D eigenvalue weighted by Crippen LogP contribution is 2.28. The summed E-state index contributed by atoms with van der Waals surface area (Å²) in [6.45, 7) is 8.40. The second-order valence-corrected chi connectivity index (χ2v) is 9.18. The molecular formula is C26H34N2O5. The summed E-state index contributed by atoms with van der Waals surface area (Å²) in [6.07, 6.45) is -0.656. The molecule has 178 valence electrons. The summed E-state index contributed by atoms with van der Waals surface area (Å²) in [7, 11) is 0. The number of alkyl carbamates (subject to hydrolysis) is 1. The molecule has 7 nitrogen and oxygen atoms in total. The monoisotopic (exact) mass is 454 g/mol. The van der Waals surface area contributed by atoms with Gasteiger partial charge in [-0.1, -0.05) is 60.7 Å². The topological polar surface area (TPSA) is 77.1 Å². The minimum atomic E-state index is -0.641. The molecule has 1 aliphatic heterocycles. The van der Waals surface area contributed by atoms with Gasteiger partial charge < -0.3 is 14.8 Å². The minimum Gasteiger partial charge on any atom is -0.466 e. The summed E-state index contributed by atoms with van der Waals surface area (Å²) in [5.41, 5.74) is 1.45. The van der Waals surface area contributed by atoms with Gasteiger partial charge in [0, 0.05) is 13.1 Å². The molecule has 1 aliphatic rings. The summed E-state index contributed by atoms with van der Waals surface area (Å²) in [5, 5.41) is 4.73. The largest absolute Gasteiger partial charge is 0.466 e. The number of benzene rings is 2. The van der Waals surface area contributed by atoms with E-state index in [0.29, 0.717) is 19.5 Å². The third-order valence-electron chi connectivity index (χ3n) is 5.26. The van der Waals surface area contributed by atoms with Crippen molar-refractivity contribution in [3.05, 3.63) is 71.8 Å². The molecular weight excluding hydrogens is 420 g/mol. The number of hydroxylamine groups is 2. The van der Waals surface area contributed by atoms with Crippen LogP contribution in [-0.4, -0.2) is 48.0 Å². The number of hydrogen-bond acceptors (Lipinski definition) is 6. The smallest absolute Gasteiger partial charge is 0.407 e. The Kier molecular flexibility index (Phi) is 8.47. The molecule has 0 saturated carbocycles. The number of ether oxygens (including phenoxy) is 2. The fraction of sp³-hybridized carbons (Fsp3) is 0.462. The number of carbonyl (C=O) groups is 2. The lowest BCUT2D eigenvalue weighted by atomic mass is 9.92. The Morgan fingerprint density at radius 1 is 1.06 bits per heavy atom. The normalized spacial score (nSPS) is 19.6. The van der Waals surface area contributed by atoms with Gasteiger partial charge in [-0.25, -0.2) is 4.79 Å². The number of amides is 1. The highest BCUT2D eigenvalue weighted by Gasteiger charge is 2.45. The van der Waals surface area contributed by atoms with Gasteiger partial charge in [-0.3, -0.25) is 9.63 Å². The lowest BCUT2D eigenvalue weighted by Crippen LogP contribution is -2.50. The zero-order valence-corrected chi connectivity index (χ0v) is 19.8. The number of rotatable bonds is 8. The van der Waals surface area contributed by atoms with E-state index < -0.39 is 29.8 Å². The molecule has 0 bridgehead atoms. The highest BCUT2D eigenvalue weighted by atomic mass is 16.7. The number of nitrogens with one attached hydrogen (secondary N) is 1. The van der Waals surface area contributed by atoms with Crippen molar-refractivity contribution in [2.24, 2.45) is 5.92 Å². The van der Waals surface area contributed by atoms with Crippen LogP contribution < -0.4 is 5.32 Å². The number of carbonyl (C=O) groups excluding carboxylic acids is 2. The molecule has 7 heteroatoms. The van der Waals surface area contributed by atoms with Crippen molar-refractivity contribution in [3.63, 3.8) is 0 Å². The second-order valence-electron chi connectivity index (χ2n) is 9.18. The van der Waals surface area contributed by atoms with Crippen LogP contribution in [0.5, 0.6) is 0 Å². The fourth-order valence-electron chi connectivity index (χ4n) is 3.89. The van der Waals surface area contributed by atoms with Crippen molar-refractivity contribution in [2.75, 3.05) is 13.2 Å². The van der Waals surface area contributed by atoms with Gasteiger partial charge in [-0.05, 0) is 45.2 Å². The van der Waals surface area contributed by atoms with Crippen molar-refractivity contribution < 1.29 is 23.9 Å². The van der Waals surface area contributed by atoms with Crippen LogP contribution in [0.25, 0.3) is 0 Å². The maximum atomic E-state index is 12.9. The Bertz CT molecular complexity index is 898. The van der Waals surface area contributed by atoms with Crippen molar-refractivity contribution in [1.29, 1.82) is 0 Å². The summed E-state index contributed by atoms with van der Waals surface area (Å²) in [4.78, 5) is 31.8. The van der Waals surface area contributed by atoms with Gasteiger partial charge in [0.2, 0.25) is 0 Å². The van der Waals surface area contributed by atoms with E-state index in [1.165, 1.54) is 0 Å².